The molecule has 88 valence electrons. The molecule has 1 aromatic rings. The van der Waals surface area contributed by atoms with E-state index in [-0.39, 0.29) is 0 Å². The molecule has 0 N–H and O–H groups in total. The van der Waals surface area contributed by atoms with Crippen LogP contribution in [0.25, 0.3) is 6.08 Å². The number of benzene rings is 1. The number of ether oxygens (including phenoxy) is 1. The molecule has 3 rings (SSSR count). The van der Waals surface area contributed by atoms with Gasteiger partial charge in [0.1, 0.15) is 5.75 Å². The Morgan fingerprint density at radius 1 is 1.41 bits per heavy atom. The molecule has 0 spiro atoms. The van der Waals surface area contributed by atoms with Gasteiger partial charge in [-0.3, -0.25) is 0 Å². The molecule has 0 bridgehead atoms. The fourth-order valence-corrected chi connectivity index (χ4v) is 2.98. The maximum absolute atomic E-state index is 5.74. The van der Waals surface area contributed by atoms with Gasteiger partial charge in [0.25, 0.3) is 0 Å². The normalized spacial score (nSPS) is 20.5. The largest absolute Gasteiger partial charge is 0.493 e. The number of hydrogen-bond donors (Lipinski definition) is 0. The van der Waals surface area contributed by atoms with Gasteiger partial charge in [-0.05, 0) is 37.3 Å². The monoisotopic (exact) mass is 226 g/mol. The minimum Gasteiger partial charge on any atom is -0.493 e. The van der Waals surface area contributed by atoms with E-state index in [1.165, 1.54) is 24.0 Å². The van der Waals surface area contributed by atoms with Crippen LogP contribution in [0, 0.1) is 0 Å². The summed E-state index contributed by atoms with van der Waals surface area (Å²) in [4.78, 5) is 0. The summed E-state index contributed by atoms with van der Waals surface area (Å²) in [6.07, 6.45) is 9.06. The zero-order valence-corrected chi connectivity index (χ0v) is 10.1. The molecule has 0 aromatic heterocycles. The molecule has 2 aliphatic rings. The average Bonchev–Trinajstić information content (AvgIpc) is 2.71. The van der Waals surface area contributed by atoms with E-state index in [1.54, 1.807) is 5.57 Å². The van der Waals surface area contributed by atoms with Gasteiger partial charge in [-0.25, -0.2) is 0 Å². The summed E-state index contributed by atoms with van der Waals surface area (Å²) >= 11 is 0. The van der Waals surface area contributed by atoms with Crippen LogP contribution in [0.4, 0.5) is 0 Å². The van der Waals surface area contributed by atoms with Crippen molar-refractivity contribution in [2.24, 2.45) is 0 Å². The standard InChI is InChI=1S/C16H18O/c1-2-3-4-6-12-11-13-7-5-8-15-16(13)14(12)9-10-17-15/h2,5,7-8,11,14H,1,3-4,6,9-10H2. The predicted molar refractivity (Wildman–Crippen MR) is 71.3 cm³/mol. The van der Waals surface area contributed by atoms with Crippen LogP contribution in [0.15, 0.2) is 36.4 Å². The van der Waals surface area contributed by atoms with Gasteiger partial charge in [0.05, 0.1) is 6.61 Å². The van der Waals surface area contributed by atoms with E-state index in [0.717, 1.165) is 25.2 Å². The predicted octanol–water partition coefficient (Wildman–Crippen LogP) is 4.31. The second kappa shape index (κ2) is 4.40. The van der Waals surface area contributed by atoms with E-state index in [4.69, 9.17) is 4.74 Å². The van der Waals surface area contributed by atoms with Crippen LogP contribution in [0.5, 0.6) is 5.75 Å². The van der Waals surface area contributed by atoms with Gasteiger partial charge < -0.3 is 4.74 Å². The fourth-order valence-electron chi connectivity index (χ4n) is 2.98. The molecule has 1 aliphatic heterocycles. The van der Waals surface area contributed by atoms with E-state index in [1.807, 2.05) is 6.08 Å². The van der Waals surface area contributed by atoms with Gasteiger partial charge in [-0.2, -0.15) is 0 Å². The van der Waals surface area contributed by atoms with Gasteiger partial charge >= 0.3 is 0 Å². The Labute approximate surface area is 103 Å². The first-order valence-electron chi connectivity index (χ1n) is 6.47. The molecule has 0 fully saturated rings. The lowest BCUT2D eigenvalue weighted by Gasteiger charge is -2.25. The average molecular weight is 226 g/mol. The van der Waals surface area contributed by atoms with Crippen LogP contribution in [0.2, 0.25) is 0 Å². The molecule has 0 radical (unpaired) electrons. The number of rotatable bonds is 4. The molecule has 1 nitrogen and oxygen atoms in total. The van der Waals surface area contributed by atoms with Crippen molar-refractivity contribution in [1.82, 2.24) is 0 Å². The van der Waals surface area contributed by atoms with Crippen molar-refractivity contribution in [3.05, 3.63) is 47.6 Å². The van der Waals surface area contributed by atoms with Crippen molar-refractivity contribution in [3.8, 4) is 5.75 Å². The van der Waals surface area contributed by atoms with E-state index in [0.29, 0.717) is 5.92 Å². The number of unbranched alkanes of at least 4 members (excludes halogenated alkanes) is 1. The first-order valence-corrected chi connectivity index (χ1v) is 6.47. The van der Waals surface area contributed by atoms with Gasteiger partial charge in [0.15, 0.2) is 0 Å². The summed E-state index contributed by atoms with van der Waals surface area (Å²) in [5.41, 5.74) is 4.41. The topological polar surface area (TPSA) is 9.23 Å². The second-order valence-electron chi connectivity index (χ2n) is 4.85. The van der Waals surface area contributed by atoms with Gasteiger partial charge in [0.2, 0.25) is 0 Å². The molecular formula is C16H18O. The van der Waals surface area contributed by atoms with Gasteiger partial charge in [-0.1, -0.05) is 29.9 Å². The Kier molecular flexibility index (Phi) is 2.76. The lowest BCUT2D eigenvalue weighted by molar-refractivity contribution is 0.276. The Bertz CT molecular complexity index is 470. The molecule has 1 unspecified atom stereocenters. The molecule has 0 saturated heterocycles. The second-order valence-corrected chi connectivity index (χ2v) is 4.85. The third-order valence-corrected chi connectivity index (χ3v) is 3.77. The minimum atomic E-state index is 0.625. The maximum atomic E-state index is 5.74. The van der Waals surface area contributed by atoms with Crippen LogP contribution in [-0.4, -0.2) is 6.61 Å². The van der Waals surface area contributed by atoms with Crippen molar-refractivity contribution in [3.63, 3.8) is 0 Å². The van der Waals surface area contributed by atoms with Crippen LogP contribution in [0.3, 0.4) is 0 Å². The first kappa shape index (κ1) is 10.6. The lowest BCUT2D eigenvalue weighted by atomic mass is 9.88. The maximum Gasteiger partial charge on any atom is 0.123 e. The minimum absolute atomic E-state index is 0.625. The molecular weight excluding hydrogens is 208 g/mol. The zero-order chi connectivity index (χ0) is 11.7. The van der Waals surface area contributed by atoms with E-state index in [2.05, 4.69) is 30.9 Å². The first-order chi connectivity index (χ1) is 8.40. The smallest absolute Gasteiger partial charge is 0.123 e. The van der Waals surface area contributed by atoms with Crippen molar-refractivity contribution >= 4 is 6.08 Å². The Morgan fingerprint density at radius 3 is 3.24 bits per heavy atom. The quantitative estimate of drug-likeness (QED) is 0.549. The summed E-state index contributed by atoms with van der Waals surface area (Å²) in [7, 11) is 0. The Hall–Kier alpha value is -1.50. The summed E-state index contributed by atoms with van der Waals surface area (Å²) in [5.74, 6) is 1.73. The van der Waals surface area contributed by atoms with E-state index < -0.39 is 0 Å². The molecule has 0 amide bonds. The Morgan fingerprint density at radius 2 is 2.35 bits per heavy atom. The zero-order valence-electron chi connectivity index (χ0n) is 10.1. The Balaban J connectivity index is 1.86. The SMILES string of the molecule is C=CCCCC1=Cc2cccc3c2C1CCO3. The summed E-state index contributed by atoms with van der Waals surface area (Å²) in [5, 5.41) is 0. The summed E-state index contributed by atoms with van der Waals surface area (Å²) in [6.45, 7) is 4.65. The van der Waals surface area contributed by atoms with Crippen molar-refractivity contribution in [2.45, 2.75) is 31.6 Å². The third kappa shape index (κ3) is 1.80. The van der Waals surface area contributed by atoms with Crippen LogP contribution in [0.1, 0.15) is 42.7 Å². The highest BCUT2D eigenvalue weighted by Gasteiger charge is 2.30. The van der Waals surface area contributed by atoms with Crippen molar-refractivity contribution in [2.75, 3.05) is 6.61 Å². The summed E-state index contributed by atoms with van der Waals surface area (Å²) in [6, 6.07) is 6.41. The molecule has 1 atom stereocenters. The molecule has 0 saturated carbocycles. The molecule has 1 aromatic carbocycles. The van der Waals surface area contributed by atoms with Crippen molar-refractivity contribution < 1.29 is 4.74 Å². The molecule has 17 heavy (non-hydrogen) atoms. The number of hydrogen-bond acceptors (Lipinski definition) is 1. The van der Waals surface area contributed by atoms with Gasteiger partial charge in [0, 0.05) is 11.5 Å². The molecule has 1 heteroatoms. The highest BCUT2D eigenvalue weighted by atomic mass is 16.5. The third-order valence-electron chi connectivity index (χ3n) is 3.77. The van der Waals surface area contributed by atoms with E-state index in [9.17, 15) is 0 Å². The highest BCUT2D eigenvalue weighted by Crippen LogP contribution is 2.47. The lowest BCUT2D eigenvalue weighted by Crippen LogP contribution is -2.14. The van der Waals surface area contributed by atoms with Crippen LogP contribution in [-0.2, 0) is 0 Å². The van der Waals surface area contributed by atoms with Crippen LogP contribution < -0.4 is 4.74 Å². The molecule has 1 heterocycles. The molecule has 1 aliphatic carbocycles. The van der Waals surface area contributed by atoms with Gasteiger partial charge in [-0.15, -0.1) is 6.58 Å². The fraction of sp³-hybridized carbons (Fsp3) is 0.375. The van der Waals surface area contributed by atoms with Crippen LogP contribution >= 0.6 is 0 Å². The van der Waals surface area contributed by atoms with E-state index >= 15 is 0 Å². The summed E-state index contributed by atoms with van der Waals surface area (Å²) < 4.78 is 5.74. The number of allylic oxidation sites excluding steroid dienone is 2. The highest BCUT2D eigenvalue weighted by molar-refractivity contribution is 5.70. The van der Waals surface area contributed by atoms with Crippen molar-refractivity contribution in [1.29, 1.82) is 0 Å².